The van der Waals surface area contributed by atoms with Crippen molar-refractivity contribution in [2.45, 2.75) is 31.7 Å². The summed E-state index contributed by atoms with van der Waals surface area (Å²) >= 11 is 0. The molecule has 2 saturated heterocycles. The van der Waals surface area contributed by atoms with Gasteiger partial charge in [-0.1, -0.05) is 0 Å². The summed E-state index contributed by atoms with van der Waals surface area (Å²) in [5, 5.41) is 28.4. The molecule has 0 unspecified atom stereocenters. The van der Waals surface area contributed by atoms with Gasteiger partial charge in [0, 0.05) is 64.6 Å². The molecule has 1 aromatic heterocycles. The molecule has 0 aliphatic carbocycles. The molecule has 17 heteroatoms. The number of aryl methyl sites for hydroxylation is 1. The predicted molar refractivity (Wildman–Crippen MR) is 117 cm³/mol. The fourth-order valence-corrected chi connectivity index (χ4v) is 4.31. The van der Waals surface area contributed by atoms with E-state index in [1.54, 1.807) is 7.11 Å². The van der Waals surface area contributed by atoms with E-state index in [2.05, 4.69) is 14.9 Å². The van der Waals surface area contributed by atoms with E-state index in [4.69, 9.17) is 24.5 Å². The lowest BCUT2D eigenvalue weighted by Crippen LogP contribution is -2.41. The van der Waals surface area contributed by atoms with E-state index in [9.17, 15) is 36.2 Å². The number of hydrogen-bond donors (Lipinski definition) is 3. The zero-order chi connectivity index (χ0) is 29.3. The molecule has 3 rings (SSSR count). The smallest absolute Gasteiger partial charge is 0.481 e. The quantitative estimate of drug-likeness (QED) is 0.438. The second-order valence-electron chi connectivity index (χ2n) is 8.85. The fourth-order valence-electron chi connectivity index (χ4n) is 4.31. The predicted octanol–water partition coefficient (Wildman–Crippen LogP) is 1.93. The summed E-state index contributed by atoms with van der Waals surface area (Å²) in [5.74, 6) is -5.97. The molecule has 11 nitrogen and oxygen atoms in total. The highest BCUT2D eigenvalue weighted by atomic mass is 19.4. The van der Waals surface area contributed by atoms with Crippen LogP contribution in [0.3, 0.4) is 0 Å². The monoisotopic (exact) mass is 564 g/mol. The van der Waals surface area contributed by atoms with Gasteiger partial charge in [0.25, 0.3) is 0 Å². The van der Waals surface area contributed by atoms with E-state index in [0.29, 0.717) is 13.2 Å². The summed E-state index contributed by atoms with van der Waals surface area (Å²) in [6, 6.07) is 0. The van der Waals surface area contributed by atoms with Gasteiger partial charge in [0.15, 0.2) is 0 Å². The van der Waals surface area contributed by atoms with Crippen LogP contribution in [0.4, 0.5) is 26.3 Å². The van der Waals surface area contributed by atoms with Crippen LogP contribution in [0.15, 0.2) is 12.4 Å². The van der Waals surface area contributed by atoms with Gasteiger partial charge >= 0.3 is 30.3 Å². The number of alkyl halides is 6. The lowest BCUT2D eigenvalue weighted by molar-refractivity contribution is -0.193. The van der Waals surface area contributed by atoms with Crippen LogP contribution in [0.1, 0.15) is 18.4 Å². The van der Waals surface area contributed by atoms with Gasteiger partial charge in [0.2, 0.25) is 0 Å². The number of carbonyl (C=O) groups is 3. The van der Waals surface area contributed by atoms with Gasteiger partial charge < -0.3 is 20.1 Å². The average Bonchev–Trinajstić information content (AvgIpc) is 3.30. The molecule has 0 amide bonds. The van der Waals surface area contributed by atoms with Crippen molar-refractivity contribution >= 4 is 17.9 Å². The van der Waals surface area contributed by atoms with E-state index in [-0.39, 0.29) is 5.92 Å². The maximum absolute atomic E-state index is 12.1. The first-order chi connectivity index (χ1) is 17.4. The Balaban J connectivity index is 0.000000426. The number of aliphatic carboxylic acids is 3. The van der Waals surface area contributed by atoms with Gasteiger partial charge in [0.05, 0.1) is 18.2 Å². The van der Waals surface area contributed by atoms with Crippen LogP contribution < -0.4 is 0 Å². The van der Waals surface area contributed by atoms with Crippen molar-refractivity contribution in [3.05, 3.63) is 18.0 Å². The minimum atomic E-state index is -5.08. The number of carboxylic acids is 3. The first-order valence-electron chi connectivity index (χ1n) is 11.2. The Morgan fingerprint density at radius 3 is 2.00 bits per heavy atom. The van der Waals surface area contributed by atoms with Crippen LogP contribution in [0.5, 0.6) is 0 Å². The van der Waals surface area contributed by atoms with E-state index >= 15 is 0 Å². The number of likely N-dealkylation sites (tertiary alicyclic amines) is 2. The molecular formula is C21H30F6N4O7. The third-order valence-corrected chi connectivity index (χ3v) is 6.03. The van der Waals surface area contributed by atoms with Crippen molar-refractivity contribution in [1.29, 1.82) is 0 Å². The Hall–Kier alpha value is -2.92. The van der Waals surface area contributed by atoms with E-state index in [1.807, 2.05) is 24.1 Å². The molecule has 0 bridgehead atoms. The minimum absolute atomic E-state index is 0.172. The molecular weight excluding hydrogens is 534 g/mol. The van der Waals surface area contributed by atoms with Gasteiger partial charge in [-0.2, -0.15) is 31.4 Å². The molecule has 38 heavy (non-hydrogen) atoms. The van der Waals surface area contributed by atoms with Gasteiger partial charge in [0.1, 0.15) is 0 Å². The molecule has 218 valence electrons. The summed E-state index contributed by atoms with van der Waals surface area (Å²) in [7, 11) is 3.61. The number of halogens is 6. The maximum Gasteiger partial charge on any atom is 0.490 e. The van der Waals surface area contributed by atoms with Crippen molar-refractivity contribution < 1.29 is 60.8 Å². The maximum atomic E-state index is 12.1. The van der Waals surface area contributed by atoms with Crippen LogP contribution in [0, 0.1) is 11.3 Å². The molecule has 3 N–H and O–H groups in total. The highest BCUT2D eigenvalue weighted by molar-refractivity contribution is 5.76. The van der Waals surface area contributed by atoms with Crippen LogP contribution in [0.2, 0.25) is 0 Å². The number of methoxy groups -OCH3 is 1. The molecule has 0 aromatic carbocycles. The third-order valence-electron chi connectivity index (χ3n) is 6.03. The highest BCUT2D eigenvalue weighted by Crippen LogP contribution is 2.43. The standard InChI is InChI=1S/C17H28N4O3.2C2HF3O2/c1-19-9-14(8-18-19)10-20-5-3-4-17(16(22)23)13-21(6-7-24-2)12-15(17)11-20;2*3-2(4,5)1(6)7/h8-9,15H,3-7,10-13H2,1-2H3,(H,22,23);2*(H,6,7)/t15-,17-;;/m0../s1. The third kappa shape index (κ3) is 10.1. The summed E-state index contributed by atoms with van der Waals surface area (Å²) in [6.07, 6.45) is -4.54. The van der Waals surface area contributed by atoms with Crippen LogP contribution in [0.25, 0.3) is 0 Å². The lowest BCUT2D eigenvalue weighted by atomic mass is 9.75. The number of hydrogen-bond acceptors (Lipinski definition) is 7. The number of carboxylic acid groups (broad SMARTS) is 3. The average molecular weight is 564 g/mol. The Morgan fingerprint density at radius 1 is 1.05 bits per heavy atom. The Kier molecular flexibility index (Phi) is 12.0. The molecule has 2 fully saturated rings. The zero-order valence-electron chi connectivity index (χ0n) is 20.6. The molecule has 2 atom stereocenters. The molecule has 0 radical (unpaired) electrons. The normalized spacial score (nSPS) is 22.3. The van der Waals surface area contributed by atoms with Crippen molar-refractivity contribution in [2.75, 3.05) is 46.4 Å². The SMILES string of the molecule is COCCN1C[C@@H]2CN(Cc3cnn(C)c3)CCC[C@]2(C(=O)O)C1.O=C(O)C(F)(F)F.O=C(O)C(F)(F)F. The Labute approximate surface area is 213 Å². The van der Waals surface area contributed by atoms with Crippen molar-refractivity contribution in [3.8, 4) is 0 Å². The first kappa shape index (κ1) is 33.1. The molecule has 3 heterocycles. The number of rotatable bonds is 6. The van der Waals surface area contributed by atoms with E-state index in [1.165, 1.54) is 5.56 Å². The summed E-state index contributed by atoms with van der Waals surface area (Å²) < 4.78 is 70.5. The molecule has 0 spiro atoms. The van der Waals surface area contributed by atoms with E-state index in [0.717, 1.165) is 45.6 Å². The van der Waals surface area contributed by atoms with Gasteiger partial charge in [-0.15, -0.1) is 0 Å². The van der Waals surface area contributed by atoms with E-state index < -0.39 is 35.7 Å². The van der Waals surface area contributed by atoms with Gasteiger partial charge in [-0.3, -0.25) is 19.3 Å². The summed E-state index contributed by atoms with van der Waals surface area (Å²) in [4.78, 5) is 34.6. The number of fused-ring (bicyclic) bond motifs is 1. The second-order valence-corrected chi connectivity index (χ2v) is 8.85. The minimum Gasteiger partial charge on any atom is -0.481 e. The summed E-state index contributed by atoms with van der Waals surface area (Å²) in [6.45, 7) is 5.60. The topological polar surface area (TPSA) is 145 Å². The van der Waals surface area contributed by atoms with Gasteiger partial charge in [-0.25, -0.2) is 9.59 Å². The zero-order valence-corrected chi connectivity index (χ0v) is 20.6. The highest BCUT2D eigenvalue weighted by Gasteiger charge is 2.53. The second kappa shape index (κ2) is 13.7. The van der Waals surface area contributed by atoms with Crippen LogP contribution >= 0.6 is 0 Å². The first-order valence-corrected chi connectivity index (χ1v) is 11.2. The fraction of sp³-hybridized carbons (Fsp3) is 0.714. The van der Waals surface area contributed by atoms with Crippen LogP contribution in [-0.2, 0) is 32.7 Å². The van der Waals surface area contributed by atoms with Crippen molar-refractivity contribution in [3.63, 3.8) is 0 Å². The Morgan fingerprint density at radius 2 is 1.58 bits per heavy atom. The molecule has 2 aliphatic rings. The van der Waals surface area contributed by atoms with Crippen molar-refractivity contribution in [2.24, 2.45) is 18.4 Å². The molecule has 1 aromatic rings. The number of nitrogens with zero attached hydrogens (tertiary/aromatic N) is 4. The molecule has 0 saturated carbocycles. The largest absolute Gasteiger partial charge is 0.490 e. The number of aromatic nitrogens is 2. The Bertz CT molecular complexity index is 916. The lowest BCUT2D eigenvalue weighted by Gasteiger charge is -2.29. The summed E-state index contributed by atoms with van der Waals surface area (Å²) in [5.41, 5.74) is 0.590. The van der Waals surface area contributed by atoms with Gasteiger partial charge in [-0.05, 0) is 19.4 Å². The van der Waals surface area contributed by atoms with Crippen molar-refractivity contribution in [1.82, 2.24) is 19.6 Å². The number of ether oxygens (including phenoxy) is 1. The molecule has 2 aliphatic heterocycles. The van der Waals surface area contributed by atoms with Crippen LogP contribution in [-0.4, -0.2) is 112 Å².